The van der Waals surface area contributed by atoms with Crippen molar-refractivity contribution < 1.29 is 4.74 Å². The quantitative estimate of drug-likeness (QED) is 0.208. The van der Waals surface area contributed by atoms with E-state index in [4.69, 9.17) is 4.74 Å². The van der Waals surface area contributed by atoms with E-state index in [1.54, 1.807) is 7.11 Å². The monoisotopic (exact) mass is 512 g/mol. The van der Waals surface area contributed by atoms with Crippen LogP contribution in [0.5, 0.6) is 5.75 Å². The minimum Gasteiger partial charge on any atom is -0.496 e. The molecule has 0 amide bonds. The summed E-state index contributed by atoms with van der Waals surface area (Å²) in [6, 6.07) is 54.1. The second-order valence-corrected chi connectivity index (χ2v) is 10.1. The first-order chi connectivity index (χ1) is 19.8. The molecule has 0 spiro atoms. The summed E-state index contributed by atoms with van der Waals surface area (Å²) in [6.45, 7) is 0. The lowest BCUT2D eigenvalue weighted by Crippen LogP contribution is -1.94. The number of benzene rings is 7. The lowest BCUT2D eigenvalue weighted by Gasteiger charge is -2.20. The molecule has 0 aliphatic heterocycles. The van der Waals surface area contributed by atoms with Crippen molar-refractivity contribution in [2.45, 2.75) is 0 Å². The van der Waals surface area contributed by atoms with Gasteiger partial charge in [0.1, 0.15) is 5.75 Å². The van der Waals surface area contributed by atoms with Crippen LogP contribution < -0.4 is 4.74 Å². The Labute approximate surface area is 235 Å². The summed E-state index contributed by atoms with van der Waals surface area (Å²) in [7, 11) is 1.76. The van der Waals surface area contributed by atoms with Gasteiger partial charge in [-0.25, -0.2) is 0 Å². The molecular formula is C39H28O. The van der Waals surface area contributed by atoms with E-state index in [1.165, 1.54) is 54.9 Å². The van der Waals surface area contributed by atoms with E-state index < -0.39 is 0 Å². The molecule has 0 heterocycles. The molecule has 0 aliphatic rings. The minimum atomic E-state index is 0.866. The third-order valence-corrected chi connectivity index (χ3v) is 7.77. The summed E-state index contributed by atoms with van der Waals surface area (Å²) in [6.07, 6.45) is 0. The van der Waals surface area contributed by atoms with E-state index in [0.29, 0.717) is 0 Å². The second kappa shape index (κ2) is 10.2. The average molecular weight is 513 g/mol. The van der Waals surface area contributed by atoms with Gasteiger partial charge in [0.15, 0.2) is 0 Å². The molecule has 190 valence electrons. The van der Waals surface area contributed by atoms with Crippen LogP contribution in [0.2, 0.25) is 0 Å². The van der Waals surface area contributed by atoms with Gasteiger partial charge >= 0.3 is 0 Å². The van der Waals surface area contributed by atoms with Crippen molar-refractivity contribution in [3.8, 4) is 50.3 Å². The smallest absolute Gasteiger partial charge is 0.126 e. The Balaban J connectivity index is 1.50. The van der Waals surface area contributed by atoms with Crippen molar-refractivity contribution in [2.75, 3.05) is 7.11 Å². The molecule has 0 fully saturated rings. The van der Waals surface area contributed by atoms with Crippen LogP contribution in [0.3, 0.4) is 0 Å². The van der Waals surface area contributed by atoms with Crippen LogP contribution in [0.4, 0.5) is 0 Å². The summed E-state index contributed by atoms with van der Waals surface area (Å²) in [4.78, 5) is 0. The highest BCUT2D eigenvalue weighted by Crippen LogP contribution is 2.46. The Morgan fingerprint density at radius 3 is 1.38 bits per heavy atom. The van der Waals surface area contributed by atoms with Gasteiger partial charge < -0.3 is 4.74 Å². The number of rotatable bonds is 5. The minimum absolute atomic E-state index is 0.866. The first-order valence-electron chi connectivity index (χ1n) is 13.6. The van der Waals surface area contributed by atoms with Gasteiger partial charge in [0.25, 0.3) is 0 Å². The third kappa shape index (κ3) is 4.13. The maximum atomic E-state index is 6.00. The molecule has 0 radical (unpaired) electrons. The fourth-order valence-electron chi connectivity index (χ4n) is 5.93. The van der Waals surface area contributed by atoms with E-state index in [2.05, 4.69) is 152 Å². The molecule has 7 rings (SSSR count). The van der Waals surface area contributed by atoms with Crippen molar-refractivity contribution in [3.05, 3.63) is 152 Å². The molecule has 1 nitrogen and oxygen atoms in total. The van der Waals surface area contributed by atoms with Crippen molar-refractivity contribution in [2.24, 2.45) is 0 Å². The van der Waals surface area contributed by atoms with Gasteiger partial charge in [-0.1, -0.05) is 133 Å². The lowest BCUT2D eigenvalue weighted by molar-refractivity contribution is 0.416. The zero-order valence-electron chi connectivity index (χ0n) is 22.3. The molecular weight excluding hydrogens is 484 g/mol. The van der Waals surface area contributed by atoms with Crippen LogP contribution >= 0.6 is 0 Å². The van der Waals surface area contributed by atoms with Gasteiger partial charge in [0.2, 0.25) is 0 Å². The normalized spacial score (nSPS) is 11.1. The van der Waals surface area contributed by atoms with Crippen molar-refractivity contribution in [1.82, 2.24) is 0 Å². The molecule has 0 atom stereocenters. The Kier molecular flexibility index (Phi) is 6.11. The van der Waals surface area contributed by atoms with E-state index in [0.717, 1.165) is 16.9 Å². The molecule has 0 saturated heterocycles. The molecule has 0 N–H and O–H groups in total. The summed E-state index contributed by atoms with van der Waals surface area (Å²) in [5.74, 6) is 0.866. The van der Waals surface area contributed by atoms with Crippen LogP contribution in [0, 0.1) is 0 Å². The van der Waals surface area contributed by atoms with E-state index in [-0.39, 0.29) is 0 Å². The van der Waals surface area contributed by atoms with Crippen molar-refractivity contribution in [3.63, 3.8) is 0 Å². The predicted molar refractivity (Wildman–Crippen MR) is 170 cm³/mol. The highest BCUT2D eigenvalue weighted by molar-refractivity contribution is 6.22. The van der Waals surface area contributed by atoms with Gasteiger partial charge in [-0.15, -0.1) is 0 Å². The van der Waals surface area contributed by atoms with Gasteiger partial charge in [-0.3, -0.25) is 0 Å². The molecule has 7 aromatic rings. The molecule has 40 heavy (non-hydrogen) atoms. The molecule has 7 aromatic carbocycles. The predicted octanol–water partition coefficient (Wildman–Crippen LogP) is 10.7. The van der Waals surface area contributed by atoms with Crippen molar-refractivity contribution in [1.29, 1.82) is 0 Å². The summed E-state index contributed by atoms with van der Waals surface area (Å²) >= 11 is 0. The van der Waals surface area contributed by atoms with Crippen molar-refractivity contribution >= 4 is 21.5 Å². The fraction of sp³-hybridized carbons (Fsp3) is 0.0256. The Hall–Kier alpha value is -5.14. The first kappa shape index (κ1) is 23.9. The summed E-state index contributed by atoms with van der Waals surface area (Å²) < 4.78 is 6.00. The van der Waals surface area contributed by atoms with E-state index >= 15 is 0 Å². The SMILES string of the molecule is COc1ccc(-c2cccc(-c3ccccc3)c2)cc1-c1c2ccccc2c(-c2ccccc2)c2ccccc12. The highest BCUT2D eigenvalue weighted by atomic mass is 16.5. The maximum absolute atomic E-state index is 6.00. The number of fused-ring (bicyclic) bond motifs is 2. The largest absolute Gasteiger partial charge is 0.496 e. The number of hydrogen-bond acceptors (Lipinski definition) is 1. The third-order valence-electron chi connectivity index (χ3n) is 7.77. The van der Waals surface area contributed by atoms with Crippen LogP contribution in [0.1, 0.15) is 0 Å². The molecule has 0 bridgehead atoms. The second-order valence-electron chi connectivity index (χ2n) is 10.1. The maximum Gasteiger partial charge on any atom is 0.126 e. The number of hydrogen-bond donors (Lipinski definition) is 0. The van der Waals surface area contributed by atoms with Crippen LogP contribution in [-0.4, -0.2) is 7.11 Å². The van der Waals surface area contributed by atoms with Gasteiger partial charge in [-0.05, 0) is 73.1 Å². The molecule has 0 aromatic heterocycles. The first-order valence-corrected chi connectivity index (χ1v) is 13.6. The Bertz CT molecular complexity index is 1910. The standard InChI is InChI=1S/C39H28O/c1-40-37-24-23-31(30-18-12-17-29(25-30)27-13-4-2-5-14-27)26-36(37)39-34-21-10-8-19-32(34)38(28-15-6-3-7-16-28)33-20-9-11-22-35(33)39/h2-26H,1H3. The van der Waals surface area contributed by atoms with Crippen LogP contribution in [-0.2, 0) is 0 Å². The Morgan fingerprint density at radius 2 is 0.800 bits per heavy atom. The zero-order valence-corrected chi connectivity index (χ0v) is 22.3. The molecule has 1 heteroatoms. The van der Waals surface area contributed by atoms with Gasteiger partial charge in [0, 0.05) is 11.1 Å². The van der Waals surface area contributed by atoms with Crippen LogP contribution in [0.25, 0.3) is 66.1 Å². The Morgan fingerprint density at radius 1 is 0.350 bits per heavy atom. The van der Waals surface area contributed by atoms with Crippen LogP contribution in [0.15, 0.2) is 152 Å². The summed E-state index contributed by atoms with van der Waals surface area (Å²) in [5.41, 5.74) is 9.54. The lowest BCUT2D eigenvalue weighted by atomic mass is 9.85. The molecule has 0 unspecified atom stereocenters. The van der Waals surface area contributed by atoms with Gasteiger partial charge in [0.05, 0.1) is 7.11 Å². The molecule has 0 aliphatic carbocycles. The van der Waals surface area contributed by atoms with E-state index in [9.17, 15) is 0 Å². The highest BCUT2D eigenvalue weighted by Gasteiger charge is 2.19. The van der Waals surface area contributed by atoms with E-state index in [1.807, 2.05) is 0 Å². The number of methoxy groups -OCH3 is 1. The average Bonchev–Trinajstić information content (AvgIpc) is 3.04. The fourth-order valence-corrected chi connectivity index (χ4v) is 5.93. The van der Waals surface area contributed by atoms with Gasteiger partial charge in [-0.2, -0.15) is 0 Å². The molecule has 0 saturated carbocycles. The summed E-state index contributed by atoms with van der Waals surface area (Å²) in [5, 5.41) is 4.91. The topological polar surface area (TPSA) is 9.23 Å². The number of ether oxygens (including phenoxy) is 1. The zero-order chi connectivity index (χ0) is 26.9.